The number of thiophene rings is 1. The van der Waals surface area contributed by atoms with Crippen LogP contribution in [0.1, 0.15) is 26.3 Å². The summed E-state index contributed by atoms with van der Waals surface area (Å²) in [6.45, 7) is 1.74. The van der Waals surface area contributed by atoms with Crippen molar-refractivity contribution in [3.8, 4) is 0 Å². The maximum Gasteiger partial charge on any atom is 0.338 e. The Morgan fingerprint density at radius 3 is 2.68 bits per heavy atom. The second-order valence-electron chi connectivity index (χ2n) is 3.84. The van der Waals surface area contributed by atoms with E-state index >= 15 is 0 Å². The summed E-state index contributed by atoms with van der Waals surface area (Å²) < 4.78 is 0. The molecule has 0 saturated heterocycles. The molecule has 0 radical (unpaired) electrons. The predicted octanol–water partition coefficient (Wildman–Crippen LogP) is 3.66. The standard InChI is InChI=1S/C13H10ClNO3S/c1-7-8(3-2-4-10(7)14)11(16)15-12-9(13(17)18)5-6-19-12/h2-6H,1H3,(H,15,16)(H,17,18). The first-order valence-corrected chi connectivity index (χ1v) is 6.63. The van der Waals surface area contributed by atoms with Gasteiger partial charge in [0.1, 0.15) is 5.00 Å². The van der Waals surface area contributed by atoms with Crippen molar-refractivity contribution < 1.29 is 14.7 Å². The fourth-order valence-electron chi connectivity index (χ4n) is 1.60. The van der Waals surface area contributed by atoms with Crippen molar-refractivity contribution in [1.82, 2.24) is 0 Å². The van der Waals surface area contributed by atoms with E-state index in [1.165, 1.54) is 17.4 Å². The summed E-state index contributed by atoms with van der Waals surface area (Å²) in [5.74, 6) is -1.44. The average molecular weight is 296 g/mol. The van der Waals surface area contributed by atoms with Gasteiger partial charge < -0.3 is 10.4 Å². The van der Waals surface area contributed by atoms with Crippen LogP contribution in [0.2, 0.25) is 5.02 Å². The number of hydrogen-bond acceptors (Lipinski definition) is 3. The lowest BCUT2D eigenvalue weighted by atomic mass is 10.1. The highest BCUT2D eigenvalue weighted by Crippen LogP contribution is 2.25. The molecule has 1 aromatic heterocycles. The first-order chi connectivity index (χ1) is 9.00. The molecule has 0 aliphatic heterocycles. The Morgan fingerprint density at radius 2 is 2.00 bits per heavy atom. The molecule has 98 valence electrons. The van der Waals surface area contributed by atoms with E-state index in [9.17, 15) is 9.59 Å². The molecular formula is C13H10ClNO3S. The van der Waals surface area contributed by atoms with E-state index in [0.717, 1.165) is 0 Å². The van der Waals surface area contributed by atoms with Crippen molar-refractivity contribution in [2.24, 2.45) is 0 Å². The number of nitrogens with one attached hydrogen (secondary N) is 1. The third-order valence-corrected chi connectivity index (χ3v) is 3.87. The van der Waals surface area contributed by atoms with Gasteiger partial charge in [0.25, 0.3) is 5.91 Å². The van der Waals surface area contributed by atoms with Gasteiger partial charge >= 0.3 is 5.97 Å². The van der Waals surface area contributed by atoms with E-state index in [2.05, 4.69) is 5.32 Å². The summed E-state index contributed by atoms with van der Waals surface area (Å²) in [5, 5.41) is 14.0. The molecule has 1 aromatic carbocycles. The Morgan fingerprint density at radius 1 is 1.26 bits per heavy atom. The van der Waals surface area contributed by atoms with Crippen LogP contribution in [0.3, 0.4) is 0 Å². The summed E-state index contributed by atoms with van der Waals surface area (Å²) in [7, 11) is 0. The minimum absolute atomic E-state index is 0.0815. The first-order valence-electron chi connectivity index (χ1n) is 5.38. The number of carbonyl (C=O) groups excluding carboxylic acids is 1. The molecule has 0 spiro atoms. The van der Waals surface area contributed by atoms with Gasteiger partial charge in [-0.15, -0.1) is 11.3 Å². The van der Waals surface area contributed by atoms with Crippen LogP contribution in [-0.4, -0.2) is 17.0 Å². The number of amides is 1. The zero-order valence-corrected chi connectivity index (χ0v) is 11.5. The monoisotopic (exact) mass is 295 g/mol. The summed E-state index contributed by atoms with van der Waals surface area (Å²) in [4.78, 5) is 23.1. The molecule has 2 N–H and O–H groups in total. The number of halogens is 1. The van der Waals surface area contributed by atoms with Gasteiger partial charge in [-0.25, -0.2) is 4.79 Å². The number of anilines is 1. The molecule has 19 heavy (non-hydrogen) atoms. The molecule has 0 saturated carbocycles. The molecule has 0 unspecified atom stereocenters. The molecule has 0 fully saturated rings. The Kier molecular flexibility index (Phi) is 3.87. The van der Waals surface area contributed by atoms with Crippen molar-refractivity contribution in [1.29, 1.82) is 0 Å². The van der Waals surface area contributed by atoms with Crippen LogP contribution in [-0.2, 0) is 0 Å². The quantitative estimate of drug-likeness (QED) is 0.908. The van der Waals surface area contributed by atoms with E-state index in [4.69, 9.17) is 16.7 Å². The fourth-order valence-corrected chi connectivity index (χ4v) is 2.55. The van der Waals surface area contributed by atoms with Crippen LogP contribution < -0.4 is 5.32 Å². The highest BCUT2D eigenvalue weighted by Gasteiger charge is 2.16. The Balaban J connectivity index is 2.29. The van der Waals surface area contributed by atoms with Crippen LogP contribution in [0, 0.1) is 6.92 Å². The van der Waals surface area contributed by atoms with E-state index < -0.39 is 5.97 Å². The SMILES string of the molecule is Cc1c(Cl)cccc1C(=O)Nc1sccc1C(=O)O. The zero-order valence-electron chi connectivity index (χ0n) is 9.94. The Bertz CT molecular complexity index is 651. The molecule has 4 nitrogen and oxygen atoms in total. The molecular weight excluding hydrogens is 286 g/mol. The van der Waals surface area contributed by atoms with Crippen molar-refractivity contribution >= 4 is 39.8 Å². The molecule has 0 atom stereocenters. The highest BCUT2D eigenvalue weighted by atomic mass is 35.5. The van der Waals surface area contributed by atoms with Crippen molar-refractivity contribution in [3.05, 3.63) is 51.4 Å². The minimum Gasteiger partial charge on any atom is -0.478 e. The number of aromatic carboxylic acids is 1. The van der Waals surface area contributed by atoms with Gasteiger partial charge in [0.15, 0.2) is 0 Å². The summed E-state index contributed by atoms with van der Waals surface area (Å²) in [6.07, 6.45) is 0. The average Bonchev–Trinajstić information content (AvgIpc) is 2.80. The van der Waals surface area contributed by atoms with Gasteiger partial charge in [0, 0.05) is 10.6 Å². The topological polar surface area (TPSA) is 66.4 Å². The summed E-state index contributed by atoms with van der Waals surface area (Å²) in [6, 6.07) is 6.47. The zero-order chi connectivity index (χ0) is 14.0. The lowest BCUT2D eigenvalue weighted by Gasteiger charge is -2.08. The number of carbonyl (C=O) groups is 2. The molecule has 2 aromatic rings. The number of hydrogen-bond donors (Lipinski definition) is 2. The Hall–Kier alpha value is -1.85. The molecule has 0 bridgehead atoms. The van der Waals surface area contributed by atoms with Gasteiger partial charge in [-0.2, -0.15) is 0 Å². The van der Waals surface area contributed by atoms with Gasteiger partial charge in [-0.05, 0) is 36.1 Å². The van der Waals surface area contributed by atoms with E-state index in [1.54, 1.807) is 30.5 Å². The van der Waals surface area contributed by atoms with Crippen LogP contribution in [0.25, 0.3) is 0 Å². The molecule has 1 heterocycles. The molecule has 0 aliphatic carbocycles. The number of carboxylic acid groups (broad SMARTS) is 1. The normalized spacial score (nSPS) is 10.2. The largest absolute Gasteiger partial charge is 0.478 e. The number of carboxylic acids is 1. The van der Waals surface area contributed by atoms with Gasteiger partial charge in [0.05, 0.1) is 5.56 Å². The maximum absolute atomic E-state index is 12.1. The van der Waals surface area contributed by atoms with Crippen LogP contribution in [0.4, 0.5) is 5.00 Å². The molecule has 2 rings (SSSR count). The molecule has 1 amide bonds. The number of rotatable bonds is 3. The fraction of sp³-hybridized carbons (Fsp3) is 0.0769. The van der Waals surface area contributed by atoms with Crippen LogP contribution in [0.15, 0.2) is 29.6 Å². The van der Waals surface area contributed by atoms with E-state index in [0.29, 0.717) is 21.2 Å². The lowest BCUT2D eigenvalue weighted by molar-refractivity contribution is 0.0698. The van der Waals surface area contributed by atoms with Crippen LogP contribution >= 0.6 is 22.9 Å². The second kappa shape index (κ2) is 5.42. The van der Waals surface area contributed by atoms with Gasteiger partial charge in [0.2, 0.25) is 0 Å². The van der Waals surface area contributed by atoms with Crippen molar-refractivity contribution in [3.63, 3.8) is 0 Å². The summed E-state index contributed by atoms with van der Waals surface area (Å²) in [5.41, 5.74) is 1.17. The van der Waals surface area contributed by atoms with E-state index in [-0.39, 0.29) is 11.5 Å². The second-order valence-corrected chi connectivity index (χ2v) is 5.16. The predicted molar refractivity (Wildman–Crippen MR) is 75.4 cm³/mol. The Labute approximate surface area is 118 Å². The molecule has 6 heteroatoms. The molecule has 0 aliphatic rings. The van der Waals surface area contributed by atoms with E-state index in [1.807, 2.05) is 0 Å². The maximum atomic E-state index is 12.1. The van der Waals surface area contributed by atoms with Crippen LogP contribution in [0.5, 0.6) is 0 Å². The number of benzene rings is 1. The van der Waals surface area contributed by atoms with Crippen molar-refractivity contribution in [2.75, 3.05) is 5.32 Å². The first kappa shape index (κ1) is 13.6. The summed E-state index contributed by atoms with van der Waals surface area (Å²) >= 11 is 7.12. The third kappa shape index (κ3) is 2.77. The minimum atomic E-state index is -1.07. The lowest BCUT2D eigenvalue weighted by Crippen LogP contribution is -2.14. The van der Waals surface area contributed by atoms with Gasteiger partial charge in [-0.3, -0.25) is 4.79 Å². The third-order valence-electron chi connectivity index (χ3n) is 2.64. The van der Waals surface area contributed by atoms with Gasteiger partial charge in [-0.1, -0.05) is 17.7 Å². The smallest absolute Gasteiger partial charge is 0.338 e. The van der Waals surface area contributed by atoms with Crippen molar-refractivity contribution in [2.45, 2.75) is 6.92 Å². The highest BCUT2D eigenvalue weighted by molar-refractivity contribution is 7.14.